The van der Waals surface area contributed by atoms with Gasteiger partial charge in [0.2, 0.25) is 0 Å². The minimum Gasteiger partial charge on any atom is -0.507 e. The molecule has 0 radical (unpaired) electrons. The summed E-state index contributed by atoms with van der Waals surface area (Å²) in [6.07, 6.45) is 1.62. The molecule has 1 N–H and O–H groups in total. The molecule has 0 atom stereocenters. The molecule has 3 aromatic carbocycles. The number of phenols is 1. The van der Waals surface area contributed by atoms with Crippen LogP contribution in [0.25, 0.3) is 11.1 Å². The summed E-state index contributed by atoms with van der Waals surface area (Å²) in [5.74, 6) is -0.371. The van der Waals surface area contributed by atoms with Crippen LogP contribution in [0.2, 0.25) is 0 Å². The number of aromatic hydroxyl groups is 1. The maximum absolute atomic E-state index is 12.6. The number of methoxy groups -OCH3 is 1. The van der Waals surface area contributed by atoms with Gasteiger partial charge in [-0.05, 0) is 67.3 Å². The topological polar surface area (TPSA) is 133 Å². The fourth-order valence-corrected chi connectivity index (χ4v) is 5.21. The van der Waals surface area contributed by atoms with Gasteiger partial charge in [0, 0.05) is 17.9 Å². The molecule has 3 aromatic rings. The summed E-state index contributed by atoms with van der Waals surface area (Å²) in [7, 11) is -5.80. The molecule has 0 spiro atoms. The van der Waals surface area contributed by atoms with E-state index in [1.807, 2.05) is 6.92 Å². The van der Waals surface area contributed by atoms with E-state index in [9.17, 15) is 26.7 Å². The van der Waals surface area contributed by atoms with E-state index >= 15 is 0 Å². The van der Waals surface area contributed by atoms with E-state index in [1.54, 1.807) is 42.5 Å². The van der Waals surface area contributed by atoms with E-state index < -0.39 is 25.9 Å². The predicted octanol–water partition coefficient (Wildman–Crippen LogP) is 3.92. The van der Waals surface area contributed by atoms with Crippen LogP contribution in [-0.4, -0.2) is 60.2 Å². The number of phenolic OH excluding ortho intramolecular Hbond substituents is 1. The summed E-state index contributed by atoms with van der Waals surface area (Å²) in [6.45, 7) is 1.84. The number of carbonyl (C=O) groups is 1. The Morgan fingerprint density at radius 2 is 1.61 bits per heavy atom. The Morgan fingerprint density at radius 3 is 2.24 bits per heavy atom. The summed E-state index contributed by atoms with van der Waals surface area (Å²) >= 11 is 0. The first-order chi connectivity index (χ1) is 17.9. The molecular weight excluding hydrogens is 532 g/mol. The third-order valence-electron chi connectivity index (χ3n) is 5.64. The Morgan fingerprint density at radius 1 is 0.895 bits per heavy atom. The van der Waals surface area contributed by atoms with Crippen molar-refractivity contribution in [2.75, 3.05) is 32.3 Å². The normalized spacial score (nSPS) is 11.8. The number of sulfone groups is 1. The van der Waals surface area contributed by atoms with Crippen molar-refractivity contribution in [1.82, 2.24) is 0 Å². The fourth-order valence-electron chi connectivity index (χ4n) is 3.66. The van der Waals surface area contributed by atoms with Gasteiger partial charge in [-0.25, -0.2) is 13.2 Å². The van der Waals surface area contributed by atoms with Crippen LogP contribution in [0.5, 0.6) is 11.5 Å². The van der Waals surface area contributed by atoms with Gasteiger partial charge in [-0.15, -0.1) is 0 Å². The molecule has 0 fully saturated rings. The highest BCUT2D eigenvalue weighted by atomic mass is 32.2. The van der Waals surface area contributed by atoms with Gasteiger partial charge in [-0.2, -0.15) is 8.42 Å². The van der Waals surface area contributed by atoms with Gasteiger partial charge in [0.15, 0.2) is 0 Å². The Bertz CT molecular complexity index is 1490. The lowest BCUT2D eigenvalue weighted by Crippen LogP contribution is -2.10. The quantitative estimate of drug-likeness (QED) is 0.198. The van der Waals surface area contributed by atoms with Crippen molar-refractivity contribution < 1.29 is 40.4 Å². The summed E-state index contributed by atoms with van der Waals surface area (Å²) in [6, 6.07) is 15.7. The maximum atomic E-state index is 12.6. The lowest BCUT2D eigenvalue weighted by Gasteiger charge is -2.15. The Kier molecular flexibility index (Phi) is 9.53. The Hall–Kier alpha value is -3.41. The molecule has 0 bridgehead atoms. The maximum Gasteiger partial charge on any atom is 0.337 e. The van der Waals surface area contributed by atoms with Crippen LogP contribution in [0.4, 0.5) is 0 Å². The Balaban J connectivity index is 1.81. The van der Waals surface area contributed by atoms with Crippen molar-refractivity contribution in [2.45, 2.75) is 24.7 Å². The van der Waals surface area contributed by atoms with Gasteiger partial charge in [-0.3, -0.25) is 4.18 Å². The van der Waals surface area contributed by atoms with Crippen LogP contribution < -0.4 is 4.74 Å². The van der Waals surface area contributed by atoms with E-state index in [1.165, 1.54) is 25.3 Å². The monoisotopic (exact) mass is 562 g/mol. The summed E-state index contributed by atoms with van der Waals surface area (Å²) in [5.41, 5.74) is 2.68. The van der Waals surface area contributed by atoms with E-state index in [-0.39, 0.29) is 41.6 Å². The highest BCUT2D eigenvalue weighted by Crippen LogP contribution is 2.35. The van der Waals surface area contributed by atoms with E-state index in [4.69, 9.17) is 13.7 Å². The lowest BCUT2D eigenvalue weighted by molar-refractivity contribution is 0.0600. The first-order valence-electron chi connectivity index (χ1n) is 11.7. The minimum atomic E-state index is -3.96. The molecule has 0 saturated carbocycles. The highest BCUT2D eigenvalue weighted by molar-refractivity contribution is 7.90. The molecule has 0 heterocycles. The summed E-state index contributed by atoms with van der Waals surface area (Å²) in [5, 5.41) is 10.7. The molecule has 0 aromatic heterocycles. The third-order valence-corrected chi connectivity index (χ3v) is 7.99. The van der Waals surface area contributed by atoms with Crippen LogP contribution in [0.1, 0.15) is 27.9 Å². The zero-order valence-corrected chi connectivity index (χ0v) is 23.0. The zero-order chi connectivity index (χ0) is 27.9. The number of hydrogen-bond donors (Lipinski definition) is 1. The van der Waals surface area contributed by atoms with E-state index in [0.29, 0.717) is 28.9 Å². The molecule has 0 saturated heterocycles. The molecule has 38 heavy (non-hydrogen) atoms. The third kappa shape index (κ3) is 8.04. The standard InChI is InChI=1S/C27H30O9S2/c1-19-5-10-23(11-6-19)38(32,33)36-15-13-20-7-8-21(27(29)34-2)17-25(20)24-12-9-22(18-26(24)28)35-14-4-16-37(3,30)31/h5-12,17-18,28H,4,13-16H2,1-3H3. The fraction of sp³-hybridized carbons (Fsp3) is 0.296. The first kappa shape index (κ1) is 29.2. The largest absolute Gasteiger partial charge is 0.507 e. The molecular formula is C27H30O9S2. The molecule has 9 nitrogen and oxygen atoms in total. The average Bonchev–Trinajstić information content (AvgIpc) is 2.86. The average molecular weight is 563 g/mol. The van der Waals surface area contributed by atoms with Gasteiger partial charge >= 0.3 is 5.97 Å². The summed E-state index contributed by atoms with van der Waals surface area (Å²) < 4.78 is 63.2. The molecule has 0 aliphatic carbocycles. The molecule has 0 unspecified atom stereocenters. The Labute approximate surface area is 223 Å². The second-order valence-electron chi connectivity index (χ2n) is 8.71. The molecule has 0 aliphatic rings. The molecule has 3 rings (SSSR count). The number of ether oxygens (including phenoxy) is 2. The molecule has 0 aliphatic heterocycles. The van der Waals surface area contributed by atoms with Crippen LogP contribution in [0.15, 0.2) is 65.6 Å². The van der Waals surface area contributed by atoms with Gasteiger partial charge < -0.3 is 14.6 Å². The highest BCUT2D eigenvalue weighted by Gasteiger charge is 2.18. The van der Waals surface area contributed by atoms with Gasteiger partial charge in [0.05, 0.1) is 36.5 Å². The second-order valence-corrected chi connectivity index (χ2v) is 12.6. The molecule has 0 amide bonds. The van der Waals surface area contributed by atoms with Crippen LogP contribution in [0, 0.1) is 6.92 Å². The van der Waals surface area contributed by atoms with Crippen molar-refractivity contribution in [3.8, 4) is 22.6 Å². The number of carbonyl (C=O) groups excluding carboxylic acids is 1. The number of esters is 1. The van der Waals surface area contributed by atoms with Crippen molar-refractivity contribution in [1.29, 1.82) is 0 Å². The number of benzene rings is 3. The minimum absolute atomic E-state index is 0.0115. The van der Waals surface area contributed by atoms with Gasteiger partial charge in [-0.1, -0.05) is 23.8 Å². The van der Waals surface area contributed by atoms with E-state index in [2.05, 4.69) is 0 Å². The van der Waals surface area contributed by atoms with Gasteiger partial charge in [0.1, 0.15) is 21.3 Å². The number of hydrogen-bond acceptors (Lipinski definition) is 9. The molecule has 11 heteroatoms. The lowest BCUT2D eigenvalue weighted by atomic mass is 9.95. The van der Waals surface area contributed by atoms with E-state index in [0.717, 1.165) is 11.8 Å². The zero-order valence-electron chi connectivity index (χ0n) is 21.3. The van der Waals surface area contributed by atoms with Gasteiger partial charge in [0.25, 0.3) is 10.1 Å². The van der Waals surface area contributed by atoms with Crippen molar-refractivity contribution in [2.24, 2.45) is 0 Å². The SMILES string of the molecule is COC(=O)c1ccc(CCOS(=O)(=O)c2ccc(C)cc2)c(-c2ccc(OCCCS(C)(=O)=O)cc2O)c1. The molecule has 204 valence electrons. The van der Waals surface area contributed by atoms with Crippen LogP contribution >= 0.6 is 0 Å². The van der Waals surface area contributed by atoms with Crippen LogP contribution in [0.3, 0.4) is 0 Å². The number of rotatable bonds is 12. The first-order valence-corrected chi connectivity index (χ1v) is 15.2. The smallest absolute Gasteiger partial charge is 0.337 e. The van der Waals surface area contributed by atoms with Crippen molar-refractivity contribution >= 4 is 25.9 Å². The number of aryl methyl sites for hydroxylation is 1. The van der Waals surface area contributed by atoms with Crippen molar-refractivity contribution in [3.63, 3.8) is 0 Å². The van der Waals surface area contributed by atoms with Crippen LogP contribution in [-0.2, 0) is 35.3 Å². The van der Waals surface area contributed by atoms with Crippen molar-refractivity contribution in [3.05, 3.63) is 77.4 Å². The predicted molar refractivity (Wildman–Crippen MR) is 143 cm³/mol. The summed E-state index contributed by atoms with van der Waals surface area (Å²) in [4.78, 5) is 12.2. The second kappa shape index (κ2) is 12.4.